The number of halogens is 1. The van der Waals surface area contributed by atoms with Gasteiger partial charge in [-0.3, -0.25) is 0 Å². The Labute approximate surface area is 122 Å². The molecule has 0 amide bonds. The Bertz CT molecular complexity index is 388. The summed E-state index contributed by atoms with van der Waals surface area (Å²) in [6.45, 7) is 8.77. The van der Waals surface area contributed by atoms with E-state index in [1.54, 1.807) is 0 Å². The lowest BCUT2D eigenvalue weighted by molar-refractivity contribution is 0.302. The zero-order chi connectivity index (χ0) is 14.3. The highest BCUT2D eigenvalue weighted by molar-refractivity contribution is 6.33. The van der Waals surface area contributed by atoms with E-state index >= 15 is 0 Å². The first-order valence-corrected chi connectivity index (χ1v) is 7.57. The van der Waals surface area contributed by atoms with E-state index < -0.39 is 0 Å². The molecule has 0 aliphatic carbocycles. The van der Waals surface area contributed by atoms with Crippen LogP contribution in [0.2, 0.25) is 5.02 Å². The average molecular weight is 283 g/mol. The molecule has 108 valence electrons. The van der Waals surface area contributed by atoms with Crippen LogP contribution in [0.1, 0.15) is 52.0 Å². The van der Waals surface area contributed by atoms with Gasteiger partial charge in [-0.1, -0.05) is 57.7 Å². The Morgan fingerprint density at radius 3 is 2.63 bits per heavy atom. The zero-order valence-electron chi connectivity index (χ0n) is 12.4. The molecule has 0 aliphatic heterocycles. The topological polar surface area (TPSA) is 38.0 Å². The summed E-state index contributed by atoms with van der Waals surface area (Å²) >= 11 is 5.91. The Morgan fingerprint density at radius 1 is 1.26 bits per heavy atom. The Balaban J connectivity index is 2.34. The second kappa shape index (κ2) is 7.76. The molecule has 0 aromatic heterocycles. The van der Waals surface area contributed by atoms with E-state index in [9.17, 15) is 0 Å². The Hall–Kier alpha value is -0.730. The largest absolute Gasteiger partial charge is 0.398 e. The molecule has 3 N–H and O–H groups in total. The van der Waals surface area contributed by atoms with Crippen LogP contribution in [-0.4, -0.2) is 6.54 Å². The minimum atomic E-state index is 0.354. The molecule has 2 nitrogen and oxygen atoms in total. The van der Waals surface area contributed by atoms with Gasteiger partial charge in [0.2, 0.25) is 0 Å². The quantitative estimate of drug-likeness (QED) is 0.539. The molecule has 0 fully saturated rings. The van der Waals surface area contributed by atoms with E-state index in [4.69, 9.17) is 17.3 Å². The summed E-state index contributed by atoms with van der Waals surface area (Å²) in [7, 11) is 0. The van der Waals surface area contributed by atoms with Crippen LogP contribution in [0.3, 0.4) is 0 Å². The van der Waals surface area contributed by atoms with Crippen molar-refractivity contribution in [2.75, 3.05) is 12.3 Å². The van der Waals surface area contributed by atoms with Gasteiger partial charge in [0.15, 0.2) is 0 Å². The fourth-order valence-electron chi connectivity index (χ4n) is 2.19. The van der Waals surface area contributed by atoms with E-state index in [1.165, 1.54) is 31.2 Å². The van der Waals surface area contributed by atoms with Crippen molar-refractivity contribution in [1.29, 1.82) is 0 Å². The normalized spacial score (nSPS) is 11.8. The second-order valence-electron chi connectivity index (χ2n) is 6.08. The predicted octanol–water partition coefficient (Wildman–Crippen LogP) is 4.62. The number of hydrogen-bond acceptors (Lipinski definition) is 2. The van der Waals surface area contributed by atoms with Gasteiger partial charge in [-0.05, 0) is 29.5 Å². The summed E-state index contributed by atoms with van der Waals surface area (Å²) in [5, 5.41) is 4.15. The van der Waals surface area contributed by atoms with Gasteiger partial charge in [-0.25, -0.2) is 0 Å². The fraction of sp³-hybridized carbons (Fsp3) is 0.625. The maximum Gasteiger partial charge on any atom is 0.0635 e. The molecule has 0 radical (unpaired) electrons. The first-order chi connectivity index (χ1) is 8.94. The number of benzene rings is 1. The van der Waals surface area contributed by atoms with Crippen molar-refractivity contribution >= 4 is 17.3 Å². The molecule has 1 aromatic carbocycles. The van der Waals surface area contributed by atoms with Crippen molar-refractivity contribution in [3.63, 3.8) is 0 Å². The van der Waals surface area contributed by atoms with Gasteiger partial charge >= 0.3 is 0 Å². The van der Waals surface area contributed by atoms with Gasteiger partial charge in [0.05, 0.1) is 10.7 Å². The molecule has 0 saturated heterocycles. The van der Waals surface area contributed by atoms with Crippen LogP contribution >= 0.6 is 11.6 Å². The van der Waals surface area contributed by atoms with Gasteiger partial charge in [0, 0.05) is 13.1 Å². The summed E-state index contributed by atoms with van der Waals surface area (Å²) < 4.78 is 0. The van der Waals surface area contributed by atoms with Gasteiger partial charge in [-0.15, -0.1) is 0 Å². The van der Waals surface area contributed by atoms with Crippen LogP contribution in [0.25, 0.3) is 0 Å². The highest BCUT2D eigenvalue weighted by Gasteiger charge is 2.16. The maximum atomic E-state index is 5.91. The number of anilines is 1. The van der Waals surface area contributed by atoms with Crippen LogP contribution in [0.15, 0.2) is 18.2 Å². The summed E-state index contributed by atoms with van der Waals surface area (Å²) in [6.07, 6.45) is 5.21. The molecule has 0 heterocycles. The van der Waals surface area contributed by atoms with E-state index in [1.807, 2.05) is 18.2 Å². The molecule has 19 heavy (non-hydrogen) atoms. The lowest BCUT2D eigenvalue weighted by Crippen LogP contribution is -2.29. The van der Waals surface area contributed by atoms with Crippen LogP contribution < -0.4 is 11.1 Å². The molecular formula is C16H27ClN2. The first-order valence-electron chi connectivity index (χ1n) is 7.19. The third-order valence-electron chi connectivity index (χ3n) is 3.45. The van der Waals surface area contributed by atoms with E-state index in [-0.39, 0.29) is 0 Å². The minimum Gasteiger partial charge on any atom is -0.398 e. The average Bonchev–Trinajstić information content (AvgIpc) is 2.34. The van der Waals surface area contributed by atoms with Crippen molar-refractivity contribution in [3.05, 3.63) is 28.8 Å². The summed E-state index contributed by atoms with van der Waals surface area (Å²) in [5.41, 5.74) is 8.00. The van der Waals surface area contributed by atoms with Crippen LogP contribution in [0.5, 0.6) is 0 Å². The van der Waals surface area contributed by atoms with Crippen molar-refractivity contribution in [2.45, 2.75) is 53.0 Å². The molecule has 0 bridgehead atoms. The molecule has 0 saturated carbocycles. The summed E-state index contributed by atoms with van der Waals surface area (Å²) in [6, 6.07) is 5.83. The molecule has 0 unspecified atom stereocenters. The first kappa shape index (κ1) is 16.3. The lowest BCUT2D eigenvalue weighted by atomic mass is 9.87. The molecular weight excluding hydrogens is 256 g/mol. The van der Waals surface area contributed by atoms with Crippen molar-refractivity contribution in [1.82, 2.24) is 5.32 Å². The standard InChI is InChI=1S/C16H27ClN2/c1-4-5-6-9-16(2,3)12-19-11-13-7-8-14(17)15(18)10-13/h7-8,10,19H,4-6,9,11-12,18H2,1-3H3. The number of rotatable bonds is 8. The number of nitrogens with one attached hydrogen (secondary N) is 1. The minimum absolute atomic E-state index is 0.354. The van der Waals surface area contributed by atoms with Gasteiger partial charge < -0.3 is 11.1 Å². The predicted molar refractivity (Wildman–Crippen MR) is 85.5 cm³/mol. The summed E-state index contributed by atoms with van der Waals surface area (Å²) in [4.78, 5) is 0. The second-order valence-corrected chi connectivity index (χ2v) is 6.49. The van der Waals surface area contributed by atoms with Crippen molar-refractivity contribution in [2.24, 2.45) is 5.41 Å². The monoisotopic (exact) mass is 282 g/mol. The van der Waals surface area contributed by atoms with Gasteiger partial charge in [-0.2, -0.15) is 0 Å². The molecule has 0 spiro atoms. The number of hydrogen-bond donors (Lipinski definition) is 2. The molecule has 1 aromatic rings. The van der Waals surface area contributed by atoms with Gasteiger partial charge in [0.25, 0.3) is 0 Å². The highest BCUT2D eigenvalue weighted by Crippen LogP contribution is 2.23. The highest BCUT2D eigenvalue weighted by atomic mass is 35.5. The van der Waals surface area contributed by atoms with Crippen molar-refractivity contribution < 1.29 is 0 Å². The Kier molecular flexibility index (Phi) is 6.67. The van der Waals surface area contributed by atoms with E-state index in [2.05, 4.69) is 26.1 Å². The molecule has 0 aliphatic rings. The number of unbranched alkanes of at least 4 members (excludes halogenated alkanes) is 2. The zero-order valence-corrected chi connectivity index (χ0v) is 13.2. The van der Waals surface area contributed by atoms with E-state index in [0.29, 0.717) is 16.1 Å². The maximum absolute atomic E-state index is 5.91. The third-order valence-corrected chi connectivity index (χ3v) is 3.79. The van der Waals surface area contributed by atoms with Gasteiger partial charge in [0.1, 0.15) is 0 Å². The Morgan fingerprint density at radius 2 is 2.00 bits per heavy atom. The van der Waals surface area contributed by atoms with Crippen LogP contribution in [-0.2, 0) is 6.54 Å². The van der Waals surface area contributed by atoms with Crippen LogP contribution in [0, 0.1) is 5.41 Å². The molecule has 0 atom stereocenters. The number of nitrogens with two attached hydrogens (primary N) is 1. The fourth-order valence-corrected chi connectivity index (χ4v) is 2.31. The summed E-state index contributed by atoms with van der Waals surface area (Å²) in [5.74, 6) is 0. The molecule has 3 heteroatoms. The van der Waals surface area contributed by atoms with Crippen molar-refractivity contribution in [3.8, 4) is 0 Å². The molecule has 1 rings (SSSR count). The van der Waals surface area contributed by atoms with E-state index in [0.717, 1.165) is 13.1 Å². The van der Waals surface area contributed by atoms with Crippen LogP contribution in [0.4, 0.5) is 5.69 Å². The smallest absolute Gasteiger partial charge is 0.0635 e. The number of nitrogen functional groups attached to an aromatic ring is 1. The lowest BCUT2D eigenvalue weighted by Gasteiger charge is -2.25. The SMILES string of the molecule is CCCCCC(C)(C)CNCc1ccc(Cl)c(N)c1. The third kappa shape index (κ3) is 6.31.